The molecule has 0 unspecified atom stereocenters. The fraction of sp³-hybridized carbons (Fsp3) is 0.217. The highest BCUT2D eigenvalue weighted by Gasteiger charge is 2.20. The summed E-state index contributed by atoms with van der Waals surface area (Å²) in [6.45, 7) is 8.50. The molecule has 9 heteroatoms. The zero-order valence-corrected chi connectivity index (χ0v) is 19.5. The molecule has 0 spiro atoms. The van der Waals surface area contributed by atoms with Gasteiger partial charge in [-0.25, -0.2) is 5.43 Å². The molecule has 0 radical (unpaired) electrons. The summed E-state index contributed by atoms with van der Waals surface area (Å²) in [6, 6.07) is 17.1. The molecule has 1 amide bonds. The van der Waals surface area contributed by atoms with Crippen LogP contribution < -0.4 is 10.7 Å². The van der Waals surface area contributed by atoms with E-state index in [1.165, 1.54) is 11.8 Å². The lowest BCUT2D eigenvalue weighted by atomic mass is 10.1. The van der Waals surface area contributed by atoms with Crippen LogP contribution in [0.15, 0.2) is 77.5 Å². The molecule has 2 aromatic carbocycles. The average Bonchev–Trinajstić information content (AvgIpc) is 3.18. The van der Waals surface area contributed by atoms with Crippen molar-refractivity contribution in [1.82, 2.24) is 20.2 Å². The monoisotopic (exact) mass is 468 g/mol. The highest BCUT2D eigenvalue weighted by molar-refractivity contribution is 8.00. The van der Waals surface area contributed by atoms with Crippen LogP contribution in [0.4, 0.5) is 5.69 Å². The minimum atomic E-state index is -0.410. The molecule has 166 valence electrons. The summed E-state index contributed by atoms with van der Waals surface area (Å²) in [5.74, 6) is 0.534. The third kappa shape index (κ3) is 6.45. The second-order valence-electron chi connectivity index (χ2n) is 6.96. The lowest BCUT2D eigenvalue weighted by Gasteiger charge is -2.12. The van der Waals surface area contributed by atoms with Crippen LogP contribution in [0.25, 0.3) is 0 Å². The van der Waals surface area contributed by atoms with Gasteiger partial charge in [-0.05, 0) is 43.7 Å². The number of carbonyl (C=O) groups excluding carboxylic acids is 1. The largest absolute Gasteiger partial charge is 0.378 e. The number of anilines is 1. The smallest absolute Gasteiger partial charge is 0.253 e. The highest BCUT2D eigenvalue weighted by atomic mass is 35.5. The lowest BCUT2D eigenvalue weighted by Crippen LogP contribution is -2.28. The summed E-state index contributed by atoms with van der Waals surface area (Å²) in [5, 5.41) is 17.0. The first-order valence-electron chi connectivity index (χ1n) is 10.1. The van der Waals surface area contributed by atoms with Gasteiger partial charge in [0.05, 0.1) is 17.5 Å². The van der Waals surface area contributed by atoms with E-state index in [1.807, 2.05) is 73.0 Å². The number of rotatable bonds is 10. The van der Waals surface area contributed by atoms with E-state index in [0.717, 1.165) is 22.8 Å². The van der Waals surface area contributed by atoms with Crippen LogP contribution in [0.5, 0.6) is 0 Å². The molecule has 0 saturated carbocycles. The fourth-order valence-corrected chi connectivity index (χ4v) is 3.78. The number of carbonyl (C=O) groups is 1. The number of allylic oxidation sites excluding steroid dienone is 1. The maximum absolute atomic E-state index is 12.6. The molecule has 0 aliphatic heterocycles. The second kappa shape index (κ2) is 11.5. The molecule has 0 aliphatic carbocycles. The van der Waals surface area contributed by atoms with Crippen LogP contribution in [0.1, 0.15) is 25.2 Å². The van der Waals surface area contributed by atoms with Gasteiger partial charge < -0.3 is 9.88 Å². The molecule has 0 aliphatic rings. The topological polar surface area (TPSA) is 84.2 Å². The third-order valence-electron chi connectivity index (χ3n) is 4.58. The summed E-state index contributed by atoms with van der Waals surface area (Å²) in [7, 11) is 0. The van der Waals surface area contributed by atoms with Gasteiger partial charge in [-0.2, -0.15) is 5.10 Å². The van der Waals surface area contributed by atoms with Crippen LogP contribution in [0, 0.1) is 0 Å². The van der Waals surface area contributed by atoms with Crippen LogP contribution in [-0.4, -0.2) is 31.6 Å². The van der Waals surface area contributed by atoms with Crippen molar-refractivity contribution in [3.8, 4) is 0 Å². The molecule has 1 heterocycles. The zero-order chi connectivity index (χ0) is 22.9. The fourth-order valence-electron chi connectivity index (χ4n) is 2.78. The standard InChI is InChI=1S/C23H25ClN6OS/c1-4-14-30-21(15-25-20-12-10-19(24)11-13-20)27-29-23(30)32-17(3)22(31)28-26-16(2)18-8-6-5-7-9-18/h4-13,17,25H,1,14-15H2,2-3H3,(H,28,31)/b26-16-/t17-/m0/s1. The van der Waals surface area contributed by atoms with Crippen molar-refractivity contribution >= 4 is 40.7 Å². The van der Waals surface area contributed by atoms with Crippen molar-refractivity contribution in [1.29, 1.82) is 0 Å². The van der Waals surface area contributed by atoms with Crippen molar-refractivity contribution in [3.05, 3.63) is 83.7 Å². The summed E-state index contributed by atoms with van der Waals surface area (Å²) in [4.78, 5) is 12.6. The number of hydrogen-bond donors (Lipinski definition) is 2. The van der Waals surface area contributed by atoms with E-state index < -0.39 is 5.25 Å². The molecule has 32 heavy (non-hydrogen) atoms. The molecule has 1 atom stereocenters. The van der Waals surface area contributed by atoms with Gasteiger partial charge in [-0.3, -0.25) is 4.79 Å². The minimum absolute atomic E-state index is 0.209. The molecule has 3 rings (SSSR count). The molecule has 0 saturated heterocycles. The second-order valence-corrected chi connectivity index (χ2v) is 8.70. The number of hydrazone groups is 1. The molecule has 2 N–H and O–H groups in total. The van der Waals surface area contributed by atoms with Crippen LogP contribution >= 0.6 is 23.4 Å². The molecule has 0 fully saturated rings. The van der Waals surface area contributed by atoms with Gasteiger partial charge in [0.2, 0.25) is 0 Å². The normalized spacial score (nSPS) is 12.3. The Hall–Kier alpha value is -3.10. The van der Waals surface area contributed by atoms with E-state index in [2.05, 4.69) is 32.6 Å². The Labute approximate surface area is 197 Å². The molecular formula is C23H25ClN6OS. The van der Waals surface area contributed by atoms with Crippen LogP contribution in [0.3, 0.4) is 0 Å². The average molecular weight is 469 g/mol. The van der Waals surface area contributed by atoms with Crippen LogP contribution in [-0.2, 0) is 17.9 Å². The molecule has 0 bridgehead atoms. The lowest BCUT2D eigenvalue weighted by molar-refractivity contribution is -0.120. The van der Waals surface area contributed by atoms with E-state index in [1.54, 1.807) is 6.08 Å². The first-order valence-corrected chi connectivity index (χ1v) is 11.3. The predicted octanol–water partition coefficient (Wildman–Crippen LogP) is 4.75. The number of halogens is 1. The van der Waals surface area contributed by atoms with Crippen molar-refractivity contribution in [2.75, 3.05) is 5.32 Å². The summed E-state index contributed by atoms with van der Waals surface area (Å²) in [6.07, 6.45) is 1.78. The van der Waals surface area contributed by atoms with Gasteiger partial charge in [-0.15, -0.1) is 16.8 Å². The van der Waals surface area contributed by atoms with Gasteiger partial charge in [0, 0.05) is 17.3 Å². The number of amides is 1. The Morgan fingerprint density at radius 1 is 1.22 bits per heavy atom. The van der Waals surface area contributed by atoms with E-state index >= 15 is 0 Å². The molecule has 3 aromatic rings. The number of thioether (sulfide) groups is 1. The maximum atomic E-state index is 12.6. The zero-order valence-electron chi connectivity index (χ0n) is 18.0. The Kier molecular flexibility index (Phi) is 8.47. The summed E-state index contributed by atoms with van der Waals surface area (Å²) >= 11 is 7.26. The third-order valence-corrected chi connectivity index (χ3v) is 5.91. The van der Waals surface area contributed by atoms with Crippen molar-refractivity contribution in [2.24, 2.45) is 5.10 Å². The van der Waals surface area contributed by atoms with Gasteiger partial charge >= 0.3 is 0 Å². The minimum Gasteiger partial charge on any atom is -0.378 e. The van der Waals surface area contributed by atoms with Crippen molar-refractivity contribution in [3.63, 3.8) is 0 Å². The molecule has 1 aromatic heterocycles. The van der Waals surface area contributed by atoms with E-state index in [9.17, 15) is 4.79 Å². The first-order chi connectivity index (χ1) is 15.5. The maximum Gasteiger partial charge on any atom is 0.253 e. The van der Waals surface area contributed by atoms with E-state index in [0.29, 0.717) is 23.3 Å². The Balaban J connectivity index is 1.63. The van der Waals surface area contributed by atoms with Crippen molar-refractivity contribution in [2.45, 2.75) is 37.3 Å². The Bertz CT molecular complexity index is 1080. The van der Waals surface area contributed by atoms with E-state index in [-0.39, 0.29) is 5.91 Å². The van der Waals surface area contributed by atoms with Crippen LogP contribution in [0.2, 0.25) is 5.02 Å². The quantitative estimate of drug-likeness (QED) is 0.194. The van der Waals surface area contributed by atoms with Gasteiger partial charge in [0.1, 0.15) is 0 Å². The number of nitrogens with zero attached hydrogens (tertiary/aromatic N) is 4. The summed E-state index contributed by atoms with van der Waals surface area (Å²) < 4.78 is 1.93. The van der Waals surface area contributed by atoms with Gasteiger partial charge in [-0.1, -0.05) is 59.8 Å². The molecule has 7 nitrogen and oxygen atoms in total. The number of benzene rings is 2. The van der Waals surface area contributed by atoms with Gasteiger partial charge in [0.25, 0.3) is 5.91 Å². The highest BCUT2D eigenvalue weighted by Crippen LogP contribution is 2.23. The predicted molar refractivity (Wildman–Crippen MR) is 131 cm³/mol. The number of hydrogen-bond acceptors (Lipinski definition) is 6. The number of nitrogens with one attached hydrogen (secondary N) is 2. The SMILES string of the molecule is C=CCn1c(CNc2ccc(Cl)cc2)nnc1S[C@@H](C)C(=O)N/N=C(/C)c1ccccc1. The Morgan fingerprint density at radius 2 is 1.94 bits per heavy atom. The molecular weight excluding hydrogens is 444 g/mol. The number of aromatic nitrogens is 3. The first kappa shape index (κ1) is 23.6. The Morgan fingerprint density at radius 3 is 2.62 bits per heavy atom. The van der Waals surface area contributed by atoms with Gasteiger partial charge in [0.15, 0.2) is 11.0 Å². The summed E-state index contributed by atoms with van der Waals surface area (Å²) in [5.41, 5.74) is 5.26. The van der Waals surface area contributed by atoms with Crippen molar-refractivity contribution < 1.29 is 4.79 Å². The van der Waals surface area contributed by atoms with E-state index in [4.69, 9.17) is 11.6 Å².